The lowest BCUT2D eigenvalue weighted by atomic mass is 10.2. The summed E-state index contributed by atoms with van der Waals surface area (Å²) in [6.45, 7) is 0. The Morgan fingerprint density at radius 3 is 2.32 bits per heavy atom. The molecule has 0 spiro atoms. The SMILES string of the molecule is Cn1ccc(S(=O)(=O)Nc2ccc(C(=O)O)cc2)c1. The summed E-state index contributed by atoms with van der Waals surface area (Å²) in [5, 5.41) is 8.75. The van der Waals surface area contributed by atoms with Crippen molar-refractivity contribution in [2.75, 3.05) is 4.72 Å². The molecule has 0 saturated carbocycles. The van der Waals surface area contributed by atoms with E-state index in [4.69, 9.17) is 5.11 Å². The molecular weight excluding hydrogens is 268 g/mol. The van der Waals surface area contributed by atoms with Crippen molar-refractivity contribution in [1.29, 1.82) is 0 Å². The summed E-state index contributed by atoms with van der Waals surface area (Å²) >= 11 is 0. The minimum absolute atomic E-state index is 0.0997. The smallest absolute Gasteiger partial charge is 0.335 e. The molecule has 0 unspecified atom stereocenters. The van der Waals surface area contributed by atoms with Crippen molar-refractivity contribution >= 4 is 21.7 Å². The number of benzene rings is 1. The van der Waals surface area contributed by atoms with Crippen molar-refractivity contribution in [2.45, 2.75) is 4.90 Å². The maximum absolute atomic E-state index is 12.0. The molecule has 0 amide bonds. The summed E-state index contributed by atoms with van der Waals surface area (Å²) < 4.78 is 28.0. The van der Waals surface area contributed by atoms with Gasteiger partial charge in [-0.05, 0) is 30.3 Å². The second-order valence-electron chi connectivity index (χ2n) is 4.00. The minimum Gasteiger partial charge on any atom is -0.478 e. The molecule has 100 valence electrons. The summed E-state index contributed by atoms with van der Waals surface area (Å²) in [6.07, 6.45) is 3.11. The van der Waals surface area contributed by atoms with Crippen LogP contribution in [0.3, 0.4) is 0 Å². The van der Waals surface area contributed by atoms with Crippen LogP contribution < -0.4 is 4.72 Å². The predicted molar refractivity (Wildman–Crippen MR) is 69.6 cm³/mol. The third-order valence-corrected chi connectivity index (χ3v) is 3.87. The molecule has 0 bridgehead atoms. The highest BCUT2D eigenvalue weighted by Crippen LogP contribution is 2.16. The monoisotopic (exact) mass is 280 g/mol. The second-order valence-corrected chi connectivity index (χ2v) is 5.68. The zero-order valence-corrected chi connectivity index (χ0v) is 10.9. The van der Waals surface area contributed by atoms with Crippen LogP contribution in [0.1, 0.15) is 10.4 Å². The first kappa shape index (κ1) is 13.2. The van der Waals surface area contributed by atoms with E-state index < -0.39 is 16.0 Å². The zero-order valence-electron chi connectivity index (χ0n) is 10.1. The normalized spacial score (nSPS) is 11.2. The summed E-state index contributed by atoms with van der Waals surface area (Å²) in [7, 11) is -1.92. The fourth-order valence-electron chi connectivity index (χ4n) is 1.53. The molecular formula is C12H12N2O4S. The minimum atomic E-state index is -3.64. The van der Waals surface area contributed by atoms with Crippen LogP contribution in [-0.4, -0.2) is 24.1 Å². The highest BCUT2D eigenvalue weighted by atomic mass is 32.2. The Morgan fingerprint density at radius 1 is 1.21 bits per heavy atom. The van der Waals surface area contributed by atoms with Crippen molar-refractivity contribution in [3.8, 4) is 0 Å². The molecule has 0 aliphatic rings. The maximum atomic E-state index is 12.0. The third-order valence-electron chi connectivity index (χ3n) is 2.50. The van der Waals surface area contributed by atoms with E-state index in [9.17, 15) is 13.2 Å². The van der Waals surface area contributed by atoms with Gasteiger partial charge in [0.1, 0.15) is 4.90 Å². The highest BCUT2D eigenvalue weighted by Gasteiger charge is 2.15. The number of sulfonamides is 1. The number of carboxylic acids is 1. The summed E-state index contributed by atoms with van der Waals surface area (Å²) in [5.41, 5.74) is 0.413. The third kappa shape index (κ3) is 2.94. The fraction of sp³-hybridized carbons (Fsp3) is 0.0833. The molecule has 1 heterocycles. The van der Waals surface area contributed by atoms with Crippen LogP contribution in [0.4, 0.5) is 5.69 Å². The lowest BCUT2D eigenvalue weighted by molar-refractivity contribution is 0.0697. The molecule has 0 saturated heterocycles. The van der Waals surface area contributed by atoms with E-state index >= 15 is 0 Å². The van der Waals surface area contributed by atoms with Gasteiger partial charge in [0.15, 0.2) is 0 Å². The predicted octanol–water partition coefficient (Wildman–Crippen LogP) is 1.52. The Kier molecular flexibility index (Phi) is 3.30. The van der Waals surface area contributed by atoms with Gasteiger partial charge in [-0.3, -0.25) is 4.72 Å². The van der Waals surface area contributed by atoms with Gasteiger partial charge in [0.2, 0.25) is 0 Å². The number of carboxylic acid groups (broad SMARTS) is 1. The summed E-state index contributed by atoms with van der Waals surface area (Å²) in [4.78, 5) is 10.8. The van der Waals surface area contributed by atoms with Crippen LogP contribution in [0.25, 0.3) is 0 Å². The van der Waals surface area contributed by atoms with Crippen LogP contribution in [0.15, 0.2) is 47.6 Å². The Bertz CT molecular complexity index is 702. The van der Waals surface area contributed by atoms with Crippen LogP contribution in [0, 0.1) is 0 Å². The summed E-state index contributed by atoms with van der Waals surface area (Å²) in [6, 6.07) is 6.97. The van der Waals surface area contributed by atoms with Crippen LogP contribution in [0.2, 0.25) is 0 Å². The number of aromatic nitrogens is 1. The van der Waals surface area contributed by atoms with E-state index in [1.165, 1.54) is 36.5 Å². The van der Waals surface area contributed by atoms with Crippen molar-refractivity contribution in [2.24, 2.45) is 7.05 Å². The number of anilines is 1. The molecule has 1 aromatic heterocycles. The molecule has 6 nitrogen and oxygen atoms in total. The fourth-order valence-corrected chi connectivity index (χ4v) is 2.64. The van der Waals surface area contributed by atoms with Gasteiger partial charge >= 0.3 is 5.97 Å². The lowest BCUT2D eigenvalue weighted by Crippen LogP contribution is -2.12. The number of hydrogen-bond donors (Lipinski definition) is 2. The molecule has 19 heavy (non-hydrogen) atoms. The number of aromatic carboxylic acids is 1. The lowest BCUT2D eigenvalue weighted by Gasteiger charge is -2.06. The largest absolute Gasteiger partial charge is 0.478 e. The van der Waals surface area contributed by atoms with Gasteiger partial charge in [0, 0.05) is 25.1 Å². The average molecular weight is 280 g/mol. The molecule has 0 aliphatic carbocycles. The van der Waals surface area contributed by atoms with Gasteiger partial charge in [-0.2, -0.15) is 0 Å². The molecule has 0 fully saturated rings. The van der Waals surface area contributed by atoms with Crippen molar-refractivity contribution < 1.29 is 18.3 Å². The van der Waals surface area contributed by atoms with Crippen molar-refractivity contribution in [3.63, 3.8) is 0 Å². The van der Waals surface area contributed by atoms with Gasteiger partial charge in [-0.1, -0.05) is 0 Å². The van der Waals surface area contributed by atoms with E-state index in [0.29, 0.717) is 5.69 Å². The summed E-state index contributed by atoms with van der Waals surface area (Å²) in [5.74, 6) is -1.06. The second kappa shape index (κ2) is 4.77. The average Bonchev–Trinajstić information content (AvgIpc) is 2.77. The molecule has 2 N–H and O–H groups in total. The number of aryl methyl sites for hydroxylation is 1. The quantitative estimate of drug-likeness (QED) is 0.888. The van der Waals surface area contributed by atoms with Gasteiger partial charge < -0.3 is 9.67 Å². The van der Waals surface area contributed by atoms with Gasteiger partial charge in [0.25, 0.3) is 10.0 Å². The Hall–Kier alpha value is -2.28. The molecule has 2 aromatic rings. The standard InChI is InChI=1S/C12H12N2O4S/c1-14-7-6-11(8-14)19(17,18)13-10-4-2-9(3-5-10)12(15)16/h2-8,13H,1H3,(H,15,16). The van der Waals surface area contributed by atoms with Gasteiger partial charge in [-0.15, -0.1) is 0 Å². The van der Waals surface area contributed by atoms with E-state index in [1.807, 2.05) is 0 Å². The zero-order chi connectivity index (χ0) is 14.0. The van der Waals surface area contributed by atoms with E-state index in [1.54, 1.807) is 17.8 Å². The first-order valence-electron chi connectivity index (χ1n) is 5.36. The van der Waals surface area contributed by atoms with Crippen LogP contribution in [0.5, 0.6) is 0 Å². The van der Waals surface area contributed by atoms with E-state index in [2.05, 4.69) is 4.72 Å². The Labute approximate surface area is 110 Å². The first-order valence-corrected chi connectivity index (χ1v) is 6.85. The number of hydrogen-bond acceptors (Lipinski definition) is 3. The molecule has 0 aliphatic heterocycles. The Morgan fingerprint density at radius 2 is 1.84 bits per heavy atom. The van der Waals surface area contributed by atoms with E-state index in [-0.39, 0.29) is 10.5 Å². The van der Waals surface area contributed by atoms with Crippen molar-refractivity contribution in [3.05, 3.63) is 48.3 Å². The number of rotatable bonds is 4. The van der Waals surface area contributed by atoms with Gasteiger partial charge in [0.05, 0.1) is 5.56 Å². The van der Waals surface area contributed by atoms with Gasteiger partial charge in [-0.25, -0.2) is 13.2 Å². The molecule has 0 radical (unpaired) electrons. The first-order chi connectivity index (χ1) is 8.88. The Balaban J connectivity index is 2.23. The molecule has 2 rings (SSSR count). The number of carbonyl (C=O) groups is 1. The number of nitrogens with one attached hydrogen (secondary N) is 1. The van der Waals surface area contributed by atoms with Crippen molar-refractivity contribution in [1.82, 2.24) is 4.57 Å². The molecule has 0 atom stereocenters. The van der Waals surface area contributed by atoms with E-state index in [0.717, 1.165) is 0 Å². The maximum Gasteiger partial charge on any atom is 0.335 e. The number of nitrogens with zero attached hydrogens (tertiary/aromatic N) is 1. The highest BCUT2D eigenvalue weighted by molar-refractivity contribution is 7.92. The van der Waals surface area contributed by atoms with Crippen LogP contribution >= 0.6 is 0 Å². The molecule has 7 heteroatoms. The van der Waals surface area contributed by atoms with Crippen LogP contribution in [-0.2, 0) is 17.1 Å². The molecule has 1 aromatic carbocycles. The topological polar surface area (TPSA) is 88.4 Å².